The highest BCUT2D eigenvalue weighted by molar-refractivity contribution is 7.99. The van der Waals surface area contributed by atoms with Crippen molar-refractivity contribution in [1.82, 2.24) is 5.32 Å². The molecule has 2 aromatic carbocycles. The Morgan fingerprint density at radius 1 is 1.05 bits per heavy atom. The number of nitrogens with one attached hydrogen (secondary N) is 2. The van der Waals surface area contributed by atoms with Crippen LogP contribution in [0.5, 0.6) is 17.2 Å². The third-order valence-corrected chi connectivity index (χ3v) is 8.57. The second kappa shape index (κ2) is 13.5. The summed E-state index contributed by atoms with van der Waals surface area (Å²) < 4.78 is 42.7. The van der Waals surface area contributed by atoms with Gasteiger partial charge in [-0.05, 0) is 54.7 Å². The molecule has 0 spiro atoms. The maximum atomic E-state index is 12.9. The number of ether oxygens (including phenoxy) is 3. The highest BCUT2D eigenvalue weighted by atomic mass is 35.5. The lowest BCUT2D eigenvalue weighted by atomic mass is 9.84. The molecule has 1 saturated carbocycles. The largest absolute Gasteiger partial charge is 0.493 e. The molecule has 1 unspecified atom stereocenters. The molecule has 1 fully saturated rings. The zero-order valence-corrected chi connectivity index (χ0v) is 24.0. The molecule has 2 N–H and O–H groups in total. The standard InChI is InChI=1S/C26H35ClN2O6S2/c1-33-22-14-18(15-23(34-2)24(22)35-3)26(30)28-12-13-36-25(17-8-6-5-7-9-17)20-16-19(27)10-11-21(20)29-37(4,31)32/h10-11,14-17,25,29H,5-9,12-13H2,1-4H3,(H,28,30). The molecule has 0 heterocycles. The number of anilines is 1. The van der Waals surface area contributed by atoms with Gasteiger partial charge in [0.1, 0.15) is 0 Å². The first-order valence-corrected chi connectivity index (χ1v) is 15.5. The van der Waals surface area contributed by atoms with E-state index in [1.165, 1.54) is 27.8 Å². The maximum Gasteiger partial charge on any atom is 0.251 e. The minimum absolute atomic E-state index is 0.0429. The predicted molar refractivity (Wildman–Crippen MR) is 150 cm³/mol. The first-order chi connectivity index (χ1) is 17.7. The van der Waals surface area contributed by atoms with Crippen LogP contribution in [0.15, 0.2) is 30.3 Å². The molecule has 37 heavy (non-hydrogen) atoms. The van der Waals surface area contributed by atoms with Crippen LogP contribution in [0, 0.1) is 5.92 Å². The van der Waals surface area contributed by atoms with E-state index in [1.807, 2.05) is 6.07 Å². The predicted octanol–water partition coefficient (Wildman–Crippen LogP) is 5.52. The van der Waals surface area contributed by atoms with Gasteiger partial charge in [-0.3, -0.25) is 9.52 Å². The van der Waals surface area contributed by atoms with Crippen molar-refractivity contribution < 1.29 is 27.4 Å². The van der Waals surface area contributed by atoms with Crippen molar-refractivity contribution in [1.29, 1.82) is 0 Å². The third kappa shape index (κ3) is 8.09. The van der Waals surface area contributed by atoms with Gasteiger partial charge in [0.25, 0.3) is 5.91 Å². The highest BCUT2D eigenvalue weighted by Gasteiger charge is 2.28. The highest BCUT2D eigenvalue weighted by Crippen LogP contribution is 2.46. The van der Waals surface area contributed by atoms with Crippen LogP contribution in [0.4, 0.5) is 5.69 Å². The molecule has 0 bridgehead atoms. The van der Waals surface area contributed by atoms with Crippen molar-refractivity contribution in [3.8, 4) is 17.2 Å². The first kappa shape index (κ1) is 29.3. The molecule has 0 aromatic heterocycles. The molecule has 1 atom stereocenters. The number of benzene rings is 2. The number of sulfonamides is 1. The van der Waals surface area contributed by atoms with Gasteiger partial charge in [0.15, 0.2) is 11.5 Å². The SMILES string of the molecule is COc1cc(C(=O)NCCSC(c2cc(Cl)ccc2NS(C)(=O)=O)C2CCCCC2)cc(OC)c1OC. The van der Waals surface area contributed by atoms with Crippen molar-refractivity contribution in [2.75, 3.05) is 44.6 Å². The van der Waals surface area contributed by atoms with E-state index < -0.39 is 10.0 Å². The monoisotopic (exact) mass is 570 g/mol. The van der Waals surface area contributed by atoms with Crippen molar-refractivity contribution in [3.05, 3.63) is 46.5 Å². The summed E-state index contributed by atoms with van der Waals surface area (Å²) in [6.45, 7) is 0.429. The van der Waals surface area contributed by atoms with Gasteiger partial charge in [0.2, 0.25) is 15.8 Å². The topological polar surface area (TPSA) is 103 Å². The van der Waals surface area contributed by atoms with Gasteiger partial charge in [-0.25, -0.2) is 8.42 Å². The average molecular weight is 571 g/mol. The number of hydrogen-bond donors (Lipinski definition) is 2. The molecule has 11 heteroatoms. The number of carbonyl (C=O) groups is 1. The smallest absolute Gasteiger partial charge is 0.251 e. The van der Waals surface area contributed by atoms with E-state index in [9.17, 15) is 13.2 Å². The molecule has 3 rings (SSSR count). The van der Waals surface area contributed by atoms with Crippen molar-refractivity contribution >= 4 is 45.0 Å². The van der Waals surface area contributed by atoms with Crippen LogP contribution in [0.3, 0.4) is 0 Å². The molecule has 1 aliphatic carbocycles. The fourth-order valence-electron chi connectivity index (χ4n) is 4.64. The Labute approximate surface area is 228 Å². The van der Waals surface area contributed by atoms with E-state index in [-0.39, 0.29) is 11.2 Å². The summed E-state index contributed by atoms with van der Waals surface area (Å²) in [5, 5.41) is 3.57. The zero-order valence-electron chi connectivity index (χ0n) is 21.6. The minimum Gasteiger partial charge on any atom is -0.493 e. The van der Waals surface area contributed by atoms with E-state index in [2.05, 4.69) is 10.0 Å². The van der Waals surface area contributed by atoms with Crippen LogP contribution < -0.4 is 24.2 Å². The molecular weight excluding hydrogens is 536 g/mol. The van der Waals surface area contributed by atoms with E-state index in [0.29, 0.717) is 51.7 Å². The lowest BCUT2D eigenvalue weighted by molar-refractivity contribution is 0.0955. The van der Waals surface area contributed by atoms with Crippen LogP contribution in [-0.2, 0) is 10.0 Å². The molecule has 204 valence electrons. The van der Waals surface area contributed by atoms with Gasteiger partial charge in [0, 0.05) is 28.1 Å². The maximum absolute atomic E-state index is 12.9. The normalized spacial score (nSPS) is 15.1. The molecule has 2 aromatic rings. The lowest BCUT2D eigenvalue weighted by Crippen LogP contribution is -2.26. The van der Waals surface area contributed by atoms with E-state index in [1.54, 1.807) is 36.0 Å². The first-order valence-electron chi connectivity index (χ1n) is 12.1. The summed E-state index contributed by atoms with van der Waals surface area (Å²) in [5.74, 6) is 2.02. The van der Waals surface area contributed by atoms with Crippen LogP contribution in [-0.4, -0.2) is 54.2 Å². The molecule has 8 nitrogen and oxygen atoms in total. The summed E-state index contributed by atoms with van der Waals surface area (Å²) in [6.07, 6.45) is 6.79. The molecule has 0 aliphatic heterocycles. The number of halogens is 1. The van der Waals surface area contributed by atoms with Gasteiger partial charge < -0.3 is 19.5 Å². The molecular formula is C26H35ClN2O6S2. The van der Waals surface area contributed by atoms with Crippen molar-refractivity contribution in [2.45, 2.75) is 37.4 Å². The van der Waals surface area contributed by atoms with Crippen molar-refractivity contribution in [3.63, 3.8) is 0 Å². The van der Waals surface area contributed by atoms with Gasteiger partial charge in [-0.2, -0.15) is 11.8 Å². The molecule has 0 radical (unpaired) electrons. The quantitative estimate of drug-likeness (QED) is 0.324. The summed E-state index contributed by atoms with van der Waals surface area (Å²) in [4.78, 5) is 12.9. The van der Waals surface area contributed by atoms with Crippen molar-refractivity contribution in [2.24, 2.45) is 5.92 Å². The number of carbonyl (C=O) groups excluding carboxylic acids is 1. The third-order valence-electron chi connectivity index (χ3n) is 6.31. The Kier molecular flexibility index (Phi) is 10.7. The van der Waals surface area contributed by atoms with E-state index in [4.69, 9.17) is 25.8 Å². The van der Waals surface area contributed by atoms with Crippen LogP contribution in [0.25, 0.3) is 0 Å². The Bertz CT molecular complexity index is 1160. The summed E-state index contributed by atoms with van der Waals surface area (Å²) in [5.41, 5.74) is 1.83. The molecule has 1 aliphatic rings. The van der Waals surface area contributed by atoms with Gasteiger partial charge in [-0.15, -0.1) is 0 Å². The Balaban J connectivity index is 1.74. The number of methoxy groups -OCH3 is 3. The number of thioether (sulfide) groups is 1. The minimum atomic E-state index is -3.45. The average Bonchev–Trinajstić information content (AvgIpc) is 2.88. The number of rotatable bonds is 12. The summed E-state index contributed by atoms with van der Waals surface area (Å²) >= 11 is 8.05. The molecule has 1 amide bonds. The Hall–Kier alpha value is -2.30. The fraction of sp³-hybridized carbons (Fsp3) is 0.500. The molecule has 0 saturated heterocycles. The Morgan fingerprint density at radius 3 is 2.27 bits per heavy atom. The van der Waals surface area contributed by atoms with E-state index in [0.717, 1.165) is 37.5 Å². The summed E-state index contributed by atoms with van der Waals surface area (Å²) in [7, 11) is 1.07. The van der Waals surface area contributed by atoms with Gasteiger partial charge in [-0.1, -0.05) is 30.9 Å². The summed E-state index contributed by atoms with van der Waals surface area (Å²) in [6, 6.07) is 8.50. The van der Waals surface area contributed by atoms with Gasteiger partial charge in [0.05, 0.1) is 33.3 Å². The fourth-order valence-corrected chi connectivity index (χ4v) is 6.80. The van der Waals surface area contributed by atoms with Gasteiger partial charge >= 0.3 is 0 Å². The lowest BCUT2D eigenvalue weighted by Gasteiger charge is -2.31. The Morgan fingerprint density at radius 2 is 1.70 bits per heavy atom. The van der Waals surface area contributed by atoms with Crippen LogP contribution in [0.2, 0.25) is 5.02 Å². The second-order valence-electron chi connectivity index (χ2n) is 8.97. The van der Waals surface area contributed by atoms with Crippen LogP contribution in [0.1, 0.15) is 53.3 Å². The number of amides is 1. The second-order valence-corrected chi connectivity index (χ2v) is 12.4. The number of hydrogen-bond acceptors (Lipinski definition) is 7. The van der Waals surface area contributed by atoms with Crippen LogP contribution >= 0.6 is 23.4 Å². The zero-order chi connectivity index (χ0) is 27.0. The van der Waals surface area contributed by atoms with E-state index >= 15 is 0 Å².